The first kappa shape index (κ1) is 13.7. The highest BCUT2D eigenvalue weighted by Gasteiger charge is 2.20. The number of carbonyl (C=O) groups excluding carboxylic acids is 1. The van der Waals surface area contributed by atoms with Crippen LogP contribution in [0.3, 0.4) is 0 Å². The number of aromatic nitrogens is 1. The summed E-state index contributed by atoms with van der Waals surface area (Å²) in [5.74, 6) is -1.58. The molecule has 19 heavy (non-hydrogen) atoms. The molecule has 1 unspecified atom stereocenters. The second kappa shape index (κ2) is 5.94. The van der Waals surface area contributed by atoms with Crippen LogP contribution in [0.15, 0.2) is 12.3 Å². The number of nitrogens with zero attached hydrogens (tertiary/aromatic N) is 2. The lowest BCUT2D eigenvalue weighted by atomic mass is 10.2. The van der Waals surface area contributed by atoms with E-state index in [4.69, 9.17) is 10.5 Å². The number of morpholine rings is 1. The van der Waals surface area contributed by atoms with Crippen molar-refractivity contribution >= 4 is 11.7 Å². The van der Waals surface area contributed by atoms with E-state index in [0.29, 0.717) is 13.2 Å². The molecule has 0 saturated carbocycles. The third-order valence-electron chi connectivity index (χ3n) is 2.99. The molecule has 1 aromatic rings. The van der Waals surface area contributed by atoms with Crippen molar-refractivity contribution in [3.63, 3.8) is 0 Å². The lowest BCUT2D eigenvalue weighted by Crippen LogP contribution is -2.46. The van der Waals surface area contributed by atoms with E-state index in [0.717, 1.165) is 13.1 Å². The van der Waals surface area contributed by atoms with E-state index in [9.17, 15) is 9.18 Å². The van der Waals surface area contributed by atoms with E-state index in [2.05, 4.69) is 15.2 Å². The Hall–Kier alpha value is -1.73. The Morgan fingerprint density at radius 2 is 2.53 bits per heavy atom. The van der Waals surface area contributed by atoms with E-state index in [-0.39, 0.29) is 17.5 Å². The van der Waals surface area contributed by atoms with Crippen LogP contribution in [0.4, 0.5) is 10.2 Å². The Balaban J connectivity index is 1.92. The lowest BCUT2D eigenvalue weighted by molar-refractivity contribution is -0.0175. The summed E-state index contributed by atoms with van der Waals surface area (Å²) in [4.78, 5) is 17.5. The molecule has 0 bridgehead atoms. The van der Waals surface area contributed by atoms with Gasteiger partial charge in [-0.2, -0.15) is 0 Å². The van der Waals surface area contributed by atoms with E-state index < -0.39 is 11.7 Å². The van der Waals surface area contributed by atoms with Crippen LogP contribution in [0.5, 0.6) is 0 Å². The fourth-order valence-corrected chi connectivity index (χ4v) is 1.93. The molecule has 6 nitrogen and oxygen atoms in total. The second-order valence-electron chi connectivity index (χ2n) is 4.52. The Morgan fingerprint density at radius 1 is 1.74 bits per heavy atom. The number of pyridine rings is 1. The van der Waals surface area contributed by atoms with Gasteiger partial charge in [0, 0.05) is 25.8 Å². The van der Waals surface area contributed by atoms with Crippen LogP contribution in [-0.2, 0) is 4.74 Å². The van der Waals surface area contributed by atoms with Crippen molar-refractivity contribution in [1.29, 1.82) is 0 Å². The average molecular weight is 268 g/mol. The minimum absolute atomic E-state index is 0.0788. The van der Waals surface area contributed by atoms with Gasteiger partial charge in [-0.3, -0.25) is 4.79 Å². The van der Waals surface area contributed by atoms with Crippen molar-refractivity contribution in [1.82, 2.24) is 15.2 Å². The van der Waals surface area contributed by atoms with Crippen LogP contribution >= 0.6 is 0 Å². The zero-order valence-electron chi connectivity index (χ0n) is 10.7. The number of nitrogen functional groups attached to an aromatic ring is 1. The van der Waals surface area contributed by atoms with Gasteiger partial charge in [0.2, 0.25) is 0 Å². The van der Waals surface area contributed by atoms with E-state index in [1.165, 1.54) is 12.3 Å². The highest BCUT2D eigenvalue weighted by atomic mass is 19.1. The molecule has 0 aromatic carbocycles. The number of nitrogens with two attached hydrogens (primary N) is 1. The fraction of sp³-hybridized carbons (Fsp3) is 0.500. The highest BCUT2D eigenvalue weighted by Crippen LogP contribution is 2.11. The van der Waals surface area contributed by atoms with Crippen LogP contribution in [0.1, 0.15) is 10.4 Å². The third kappa shape index (κ3) is 3.39. The summed E-state index contributed by atoms with van der Waals surface area (Å²) in [6, 6.07) is 1.30. The topological polar surface area (TPSA) is 80.5 Å². The molecule has 104 valence electrons. The first-order valence-corrected chi connectivity index (χ1v) is 6.06. The SMILES string of the molecule is CN1CCOC(CNC(=O)c2ccnc(N)c2F)C1. The molecule has 1 amide bonds. The van der Waals surface area contributed by atoms with E-state index >= 15 is 0 Å². The number of hydrogen-bond donors (Lipinski definition) is 2. The van der Waals surface area contributed by atoms with Crippen molar-refractivity contribution in [2.24, 2.45) is 0 Å². The number of nitrogens with one attached hydrogen (secondary N) is 1. The van der Waals surface area contributed by atoms with Gasteiger partial charge in [-0.15, -0.1) is 0 Å². The Kier molecular flexibility index (Phi) is 4.28. The molecular formula is C12H17FN4O2. The minimum Gasteiger partial charge on any atom is -0.381 e. The van der Waals surface area contributed by atoms with Gasteiger partial charge in [-0.1, -0.05) is 0 Å². The molecule has 0 spiro atoms. The number of hydrogen-bond acceptors (Lipinski definition) is 5. The minimum atomic E-state index is -0.790. The summed E-state index contributed by atoms with van der Waals surface area (Å²) in [7, 11) is 1.99. The zero-order valence-corrected chi connectivity index (χ0v) is 10.7. The van der Waals surface area contributed by atoms with Crippen LogP contribution in [0.2, 0.25) is 0 Å². The van der Waals surface area contributed by atoms with Crippen LogP contribution in [-0.4, -0.2) is 55.2 Å². The van der Waals surface area contributed by atoms with Crippen molar-refractivity contribution in [3.05, 3.63) is 23.6 Å². The first-order chi connectivity index (χ1) is 9.08. The van der Waals surface area contributed by atoms with Crippen LogP contribution < -0.4 is 11.1 Å². The quantitative estimate of drug-likeness (QED) is 0.798. The fourth-order valence-electron chi connectivity index (χ4n) is 1.93. The molecule has 0 radical (unpaired) electrons. The summed E-state index contributed by atoms with van der Waals surface area (Å²) in [5, 5.41) is 2.64. The first-order valence-electron chi connectivity index (χ1n) is 6.06. The number of likely N-dealkylation sites (N-methyl/N-ethyl adjacent to an activating group) is 1. The highest BCUT2D eigenvalue weighted by molar-refractivity contribution is 5.95. The molecule has 1 fully saturated rings. The van der Waals surface area contributed by atoms with Gasteiger partial charge in [-0.05, 0) is 13.1 Å². The van der Waals surface area contributed by atoms with Gasteiger partial charge in [0.1, 0.15) is 0 Å². The Bertz CT molecular complexity index is 469. The molecule has 3 N–H and O–H groups in total. The molecule has 1 aromatic heterocycles. The number of amides is 1. The number of halogens is 1. The maximum atomic E-state index is 13.6. The van der Waals surface area contributed by atoms with Crippen LogP contribution in [0.25, 0.3) is 0 Å². The van der Waals surface area contributed by atoms with Gasteiger partial charge in [0.05, 0.1) is 18.3 Å². The molecule has 7 heteroatoms. The number of rotatable bonds is 3. The summed E-state index contributed by atoms with van der Waals surface area (Å²) in [5.41, 5.74) is 5.22. The lowest BCUT2D eigenvalue weighted by Gasteiger charge is -2.30. The van der Waals surface area contributed by atoms with Crippen molar-refractivity contribution in [3.8, 4) is 0 Å². The maximum absolute atomic E-state index is 13.6. The maximum Gasteiger partial charge on any atom is 0.254 e. The second-order valence-corrected chi connectivity index (χ2v) is 4.52. The molecule has 1 saturated heterocycles. The normalized spacial score (nSPS) is 20.2. The number of anilines is 1. The van der Waals surface area contributed by atoms with E-state index in [1.54, 1.807) is 0 Å². The average Bonchev–Trinajstić information content (AvgIpc) is 2.39. The molecule has 2 heterocycles. The molecule has 0 aliphatic carbocycles. The van der Waals surface area contributed by atoms with Gasteiger partial charge >= 0.3 is 0 Å². The largest absolute Gasteiger partial charge is 0.381 e. The summed E-state index contributed by atoms with van der Waals surface area (Å²) in [6.45, 7) is 2.58. The molecule has 1 aliphatic rings. The monoisotopic (exact) mass is 268 g/mol. The molecular weight excluding hydrogens is 251 g/mol. The number of ether oxygens (including phenoxy) is 1. The molecule has 1 atom stereocenters. The van der Waals surface area contributed by atoms with Crippen LogP contribution in [0, 0.1) is 5.82 Å². The predicted octanol–water partition coefficient (Wildman–Crippen LogP) is -0.137. The summed E-state index contributed by atoms with van der Waals surface area (Å²) in [6.07, 6.45) is 1.23. The van der Waals surface area contributed by atoms with Gasteiger partial charge in [0.15, 0.2) is 11.6 Å². The van der Waals surface area contributed by atoms with Crippen molar-refractivity contribution in [2.45, 2.75) is 6.10 Å². The molecule has 2 rings (SSSR count). The van der Waals surface area contributed by atoms with Gasteiger partial charge in [0.25, 0.3) is 5.91 Å². The Labute approximate surface area is 110 Å². The predicted molar refractivity (Wildman–Crippen MR) is 68.2 cm³/mol. The van der Waals surface area contributed by atoms with Gasteiger partial charge < -0.3 is 20.7 Å². The number of carbonyl (C=O) groups is 1. The van der Waals surface area contributed by atoms with Crippen molar-refractivity contribution in [2.75, 3.05) is 39.0 Å². The third-order valence-corrected chi connectivity index (χ3v) is 2.99. The standard InChI is InChI=1S/C12H17FN4O2/c1-17-4-5-19-8(7-17)6-16-12(18)9-2-3-15-11(14)10(9)13/h2-3,8H,4-7H2,1H3,(H2,14,15)(H,16,18). The summed E-state index contributed by atoms with van der Waals surface area (Å²) >= 11 is 0. The molecule has 1 aliphatic heterocycles. The Morgan fingerprint density at radius 3 is 3.26 bits per heavy atom. The van der Waals surface area contributed by atoms with Crippen molar-refractivity contribution < 1.29 is 13.9 Å². The zero-order chi connectivity index (χ0) is 13.8. The van der Waals surface area contributed by atoms with Gasteiger partial charge in [-0.25, -0.2) is 9.37 Å². The van der Waals surface area contributed by atoms with E-state index in [1.807, 2.05) is 7.05 Å². The summed E-state index contributed by atoms with van der Waals surface area (Å²) < 4.78 is 19.1. The smallest absolute Gasteiger partial charge is 0.254 e.